The van der Waals surface area contributed by atoms with Crippen LogP contribution in [0.4, 0.5) is 11.6 Å². The van der Waals surface area contributed by atoms with Crippen LogP contribution in [0.3, 0.4) is 0 Å². The molecule has 10 heteroatoms. The van der Waals surface area contributed by atoms with Gasteiger partial charge >= 0.3 is 0 Å². The van der Waals surface area contributed by atoms with Crippen molar-refractivity contribution in [1.29, 1.82) is 0 Å². The number of hydrogen-bond donors (Lipinski definition) is 0. The van der Waals surface area contributed by atoms with Gasteiger partial charge in [-0.25, -0.2) is 9.67 Å². The fourth-order valence-corrected chi connectivity index (χ4v) is 3.31. The molecule has 0 amide bonds. The van der Waals surface area contributed by atoms with Crippen LogP contribution >= 0.6 is 0 Å². The Labute approximate surface area is 155 Å². The first kappa shape index (κ1) is 15.7. The van der Waals surface area contributed by atoms with E-state index in [1.807, 2.05) is 41.9 Å². The quantitative estimate of drug-likeness (QED) is 0.527. The van der Waals surface area contributed by atoms with Gasteiger partial charge in [-0.15, -0.1) is 20.4 Å². The third kappa shape index (κ3) is 2.75. The van der Waals surface area contributed by atoms with E-state index in [0.29, 0.717) is 5.82 Å². The van der Waals surface area contributed by atoms with Gasteiger partial charge in [0.15, 0.2) is 17.5 Å². The van der Waals surface area contributed by atoms with Gasteiger partial charge in [-0.2, -0.15) is 5.10 Å². The van der Waals surface area contributed by atoms with Crippen molar-refractivity contribution in [3.05, 3.63) is 48.8 Å². The van der Waals surface area contributed by atoms with Crippen molar-refractivity contribution in [3.63, 3.8) is 0 Å². The van der Waals surface area contributed by atoms with Crippen molar-refractivity contribution in [1.82, 2.24) is 39.6 Å². The molecule has 0 radical (unpaired) electrons. The lowest BCUT2D eigenvalue weighted by molar-refractivity contribution is 0.637. The van der Waals surface area contributed by atoms with Crippen molar-refractivity contribution >= 4 is 17.3 Å². The van der Waals surface area contributed by atoms with E-state index >= 15 is 0 Å². The average Bonchev–Trinajstić information content (AvgIpc) is 3.39. The van der Waals surface area contributed by atoms with Crippen molar-refractivity contribution in [2.45, 2.75) is 6.92 Å². The third-order valence-electron chi connectivity index (χ3n) is 4.76. The highest BCUT2D eigenvalue weighted by molar-refractivity contribution is 5.64. The largest absolute Gasteiger partial charge is 0.352 e. The second-order valence-electron chi connectivity index (χ2n) is 6.37. The van der Waals surface area contributed by atoms with Gasteiger partial charge in [0.1, 0.15) is 5.82 Å². The fourth-order valence-electron chi connectivity index (χ4n) is 3.31. The molecule has 5 heterocycles. The number of fused-ring (bicyclic) bond motifs is 1. The van der Waals surface area contributed by atoms with Crippen LogP contribution in [0.5, 0.6) is 0 Å². The molecule has 0 aromatic carbocycles. The standard InChI is InChI=1S/C17H18N10/c1-13-20-23-17-16(18-6-8-26(13)17)25-11-9-24(10-12-25)14-3-4-15(22-21-14)27-7-2-5-19-27/h2-8H,9-12H2,1H3. The monoisotopic (exact) mass is 362 g/mol. The van der Waals surface area contributed by atoms with Crippen LogP contribution in [0.2, 0.25) is 0 Å². The normalized spacial score (nSPS) is 14.9. The predicted octanol–water partition coefficient (Wildman–Crippen LogP) is 0.735. The van der Waals surface area contributed by atoms with Crippen LogP contribution in [0.25, 0.3) is 11.5 Å². The Morgan fingerprint density at radius 1 is 0.815 bits per heavy atom. The zero-order valence-corrected chi connectivity index (χ0v) is 14.8. The van der Waals surface area contributed by atoms with Gasteiger partial charge < -0.3 is 9.80 Å². The lowest BCUT2D eigenvalue weighted by atomic mass is 10.3. The van der Waals surface area contributed by atoms with E-state index in [4.69, 9.17) is 0 Å². The van der Waals surface area contributed by atoms with Crippen molar-refractivity contribution in [2.24, 2.45) is 0 Å². The Kier molecular flexibility index (Phi) is 3.66. The SMILES string of the molecule is Cc1nnc2c(N3CCN(c4ccc(-n5cccn5)nn4)CC3)nccn12. The number of nitrogens with zero attached hydrogens (tertiary/aromatic N) is 10. The molecule has 4 aromatic rings. The number of hydrogen-bond acceptors (Lipinski definition) is 8. The van der Waals surface area contributed by atoms with Gasteiger partial charge in [-0.1, -0.05) is 0 Å². The molecule has 0 spiro atoms. The zero-order valence-electron chi connectivity index (χ0n) is 14.8. The van der Waals surface area contributed by atoms with Crippen molar-refractivity contribution in [2.75, 3.05) is 36.0 Å². The summed E-state index contributed by atoms with van der Waals surface area (Å²) in [4.78, 5) is 9.00. The molecule has 1 aliphatic heterocycles. The highest BCUT2D eigenvalue weighted by atomic mass is 15.4. The molecule has 5 rings (SSSR count). The molecular weight excluding hydrogens is 344 g/mol. The van der Waals surface area contributed by atoms with Crippen LogP contribution in [-0.4, -0.2) is 65.7 Å². The molecule has 1 aliphatic rings. The van der Waals surface area contributed by atoms with Crippen LogP contribution in [0.1, 0.15) is 5.82 Å². The number of piperazine rings is 1. The highest BCUT2D eigenvalue weighted by Gasteiger charge is 2.22. The van der Waals surface area contributed by atoms with Gasteiger partial charge in [0.2, 0.25) is 5.65 Å². The van der Waals surface area contributed by atoms with Gasteiger partial charge in [0, 0.05) is 51.0 Å². The van der Waals surface area contributed by atoms with Crippen LogP contribution in [0, 0.1) is 6.92 Å². The third-order valence-corrected chi connectivity index (χ3v) is 4.76. The van der Waals surface area contributed by atoms with E-state index in [1.54, 1.807) is 17.1 Å². The summed E-state index contributed by atoms with van der Waals surface area (Å²) in [5, 5.41) is 21.2. The Morgan fingerprint density at radius 3 is 2.33 bits per heavy atom. The summed E-state index contributed by atoms with van der Waals surface area (Å²) in [6.45, 7) is 5.28. The lowest BCUT2D eigenvalue weighted by Gasteiger charge is -2.35. The molecule has 10 nitrogen and oxygen atoms in total. The van der Waals surface area contributed by atoms with E-state index < -0.39 is 0 Å². The van der Waals surface area contributed by atoms with E-state index in [1.165, 1.54) is 0 Å². The molecule has 0 bridgehead atoms. The maximum absolute atomic E-state index is 4.53. The number of rotatable bonds is 3. The van der Waals surface area contributed by atoms with E-state index in [2.05, 4.69) is 40.3 Å². The molecule has 0 atom stereocenters. The van der Waals surface area contributed by atoms with E-state index in [9.17, 15) is 0 Å². The smallest absolute Gasteiger partial charge is 0.203 e. The van der Waals surface area contributed by atoms with E-state index in [-0.39, 0.29) is 0 Å². The maximum atomic E-state index is 4.53. The minimum Gasteiger partial charge on any atom is -0.352 e. The highest BCUT2D eigenvalue weighted by Crippen LogP contribution is 2.21. The van der Waals surface area contributed by atoms with E-state index in [0.717, 1.165) is 49.3 Å². The van der Waals surface area contributed by atoms with Gasteiger partial charge in [0.05, 0.1) is 0 Å². The molecule has 0 N–H and O–H groups in total. The van der Waals surface area contributed by atoms with Gasteiger partial charge in [-0.05, 0) is 25.1 Å². The summed E-state index contributed by atoms with van der Waals surface area (Å²) in [5.74, 6) is 3.31. The molecule has 27 heavy (non-hydrogen) atoms. The van der Waals surface area contributed by atoms with Crippen LogP contribution < -0.4 is 9.80 Å². The minimum atomic E-state index is 0.709. The predicted molar refractivity (Wildman–Crippen MR) is 99.1 cm³/mol. The van der Waals surface area contributed by atoms with Gasteiger partial charge in [-0.3, -0.25) is 4.40 Å². The lowest BCUT2D eigenvalue weighted by Crippen LogP contribution is -2.47. The summed E-state index contributed by atoms with van der Waals surface area (Å²) >= 11 is 0. The summed E-state index contributed by atoms with van der Waals surface area (Å²) < 4.78 is 3.66. The maximum Gasteiger partial charge on any atom is 0.203 e. The first-order valence-corrected chi connectivity index (χ1v) is 8.79. The zero-order chi connectivity index (χ0) is 18.2. The summed E-state index contributed by atoms with van der Waals surface area (Å²) in [6.07, 6.45) is 7.26. The first-order valence-electron chi connectivity index (χ1n) is 8.79. The molecule has 0 saturated carbocycles. The Bertz CT molecular complexity index is 1050. The van der Waals surface area contributed by atoms with Gasteiger partial charge in [0.25, 0.3) is 0 Å². The molecule has 4 aromatic heterocycles. The van der Waals surface area contributed by atoms with Crippen LogP contribution in [0.15, 0.2) is 43.0 Å². The molecular formula is C17H18N10. The molecule has 136 valence electrons. The summed E-state index contributed by atoms with van der Waals surface area (Å²) in [7, 11) is 0. The van der Waals surface area contributed by atoms with Crippen molar-refractivity contribution in [3.8, 4) is 5.82 Å². The van der Waals surface area contributed by atoms with Crippen molar-refractivity contribution < 1.29 is 0 Å². The Hall–Kier alpha value is -3.56. The minimum absolute atomic E-state index is 0.709. The molecule has 1 saturated heterocycles. The number of anilines is 2. The average molecular weight is 362 g/mol. The Balaban J connectivity index is 1.31. The number of aryl methyl sites for hydroxylation is 1. The Morgan fingerprint density at radius 2 is 1.59 bits per heavy atom. The summed E-state index contributed by atoms with van der Waals surface area (Å²) in [6, 6.07) is 5.78. The molecule has 0 unspecified atom stereocenters. The first-order chi connectivity index (χ1) is 13.3. The molecule has 1 fully saturated rings. The molecule has 0 aliphatic carbocycles. The van der Waals surface area contributed by atoms with Crippen LogP contribution in [-0.2, 0) is 0 Å². The topological polar surface area (TPSA) is 93.2 Å². The second-order valence-corrected chi connectivity index (χ2v) is 6.37. The number of aromatic nitrogens is 8. The fraction of sp³-hybridized carbons (Fsp3) is 0.294. The second kappa shape index (κ2) is 6.31. The summed E-state index contributed by atoms with van der Waals surface area (Å²) in [5.41, 5.74) is 0.798.